The zero-order valence-electron chi connectivity index (χ0n) is 11.1. The van der Waals surface area contributed by atoms with E-state index in [0.29, 0.717) is 13.2 Å². The molecule has 0 saturated heterocycles. The summed E-state index contributed by atoms with van der Waals surface area (Å²) in [7, 11) is 1.63. The number of amides is 1. The van der Waals surface area contributed by atoms with Crippen LogP contribution in [0.2, 0.25) is 0 Å². The van der Waals surface area contributed by atoms with Crippen LogP contribution < -0.4 is 5.32 Å². The van der Waals surface area contributed by atoms with Crippen molar-refractivity contribution in [3.8, 4) is 0 Å². The van der Waals surface area contributed by atoms with Gasteiger partial charge < -0.3 is 10.1 Å². The minimum Gasteiger partial charge on any atom is -0.383 e. The molecule has 1 rings (SSSR count). The Labute approximate surface area is 117 Å². The second kappa shape index (κ2) is 7.54. The molecule has 0 radical (unpaired) electrons. The molecule has 3 nitrogen and oxygen atoms in total. The summed E-state index contributed by atoms with van der Waals surface area (Å²) in [6, 6.07) is 7.91. The topological polar surface area (TPSA) is 38.3 Å². The van der Waals surface area contributed by atoms with E-state index < -0.39 is 0 Å². The third-order valence-electron chi connectivity index (χ3n) is 2.78. The first-order valence-corrected chi connectivity index (χ1v) is 6.87. The lowest BCUT2D eigenvalue weighted by Gasteiger charge is -2.20. The number of ether oxygens (including phenoxy) is 1. The van der Waals surface area contributed by atoms with Crippen molar-refractivity contribution in [3.63, 3.8) is 0 Å². The molecule has 0 aliphatic rings. The van der Waals surface area contributed by atoms with Gasteiger partial charge in [-0.2, -0.15) is 0 Å². The van der Waals surface area contributed by atoms with Crippen molar-refractivity contribution in [2.45, 2.75) is 19.8 Å². The molecule has 4 heteroatoms. The van der Waals surface area contributed by atoms with Gasteiger partial charge in [-0.05, 0) is 23.6 Å². The van der Waals surface area contributed by atoms with Gasteiger partial charge in [0.1, 0.15) is 0 Å². The normalized spacial score (nSPS) is 12.5. The number of halogens is 1. The van der Waals surface area contributed by atoms with Crippen LogP contribution in [0.15, 0.2) is 28.7 Å². The van der Waals surface area contributed by atoms with Gasteiger partial charge in [-0.3, -0.25) is 4.79 Å². The van der Waals surface area contributed by atoms with Crippen molar-refractivity contribution in [2.24, 2.45) is 5.92 Å². The SMILES string of the molecule is COCCNC(=O)C(c1ccc(Br)cc1)C(C)C. The fourth-order valence-corrected chi connectivity index (χ4v) is 2.16. The molecular formula is C14H20BrNO2. The van der Waals surface area contributed by atoms with Crippen LogP contribution in [0.1, 0.15) is 25.3 Å². The van der Waals surface area contributed by atoms with Crippen LogP contribution >= 0.6 is 15.9 Å². The van der Waals surface area contributed by atoms with E-state index in [1.807, 2.05) is 24.3 Å². The van der Waals surface area contributed by atoms with Crippen molar-refractivity contribution in [2.75, 3.05) is 20.3 Å². The van der Waals surface area contributed by atoms with Crippen molar-refractivity contribution >= 4 is 21.8 Å². The molecule has 18 heavy (non-hydrogen) atoms. The van der Waals surface area contributed by atoms with Crippen LogP contribution in [0, 0.1) is 5.92 Å². The number of rotatable bonds is 6. The first-order valence-electron chi connectivity index (χ1n) is 6.08. The van der Waals surface area contributed by atoms with Gasteiger partial charge in [-0.15, -0.1) is 0 Å². The van der Waals surface area contributed by atoms with Gasteiger partial charge in [-0.1, -0.05) is 41.9 Å². The second-order valence-corrected chi connectivity index (χ2v) is 5.47. The lowest BCUT2D eigenvalue weighted by molar-refractivity contribution is -0.123. The lowest BCUT2D eigenvalue weighted by atomic mass is 9.88. The molecular weight excluding hydrogens is 294 g/mol. The predicted octanol–water partition coefficient (Wildman–Crippen LogP) is 2.95. The van der Waals surface area contributed by atoms with E-state index in [0.717, 1.165) is 10.0 Å². The molecule has 0 aliphatic carbocycles. The Morgan fingerprint density at radius 2 is 1.94 bits per heavy atom. The van der Waals surface area contributed by atoms with E-state index >= 15 is 0 Å². The first-order chi connectivity index (χ1) is 8.56. The van der Waals surface area contributed by atoms with Crippen LogP contribution in [0.25, 0.3) is 0 Å². The molecule has 1 N–H and O–H groups in total. The first kappa shape index (κ1) is 15.2. The van der Waals surface area contributed by atoms with E-state index in [9.17, 15) is 4.79 Å². The maximum absolute atomic E-state index is 12.2. The number of hydrogen-bond acceptors (Lipinski definition) is 2. The third-order valence-corrected chi connectivity index (χ3v) is 3.31. The molecule has 0 aliphatic heterocycles. The number of benzene rings is 1. The Morgan fingerprint density at radius 1 is 1.33 bits per heavy atom. The van der Waals surface area contributed by atoms with Crippen LogP contribution in [0.5, 0.6) is 0 Å². The molecule has 1 atom stereocenters. The molecule has 1 aromatic rings. The van der Waals surface area contributed by atoms with Gasteiger partial charge in [0, 0.05) is 18.1 Å². The van der Waals surface area contributed by atoms with Crippen molar-refractivity contribution in [1.82, 2.24) is 5.32 Å². The fraction of sp³-hybridized carbons (Fsp3) is 0.500. The molecule has 1 amide bonds. The zero-order valence-corrected chi connectivity index (χ0v) is 12.7. The highest BCUT2D eigenvalue weighted by Gasteiger charge is 2.23. The zero-order chi connectivity index (χ0) is 13.5. The van der Waals surface area contributed by atoms with Crippen LogP contribution in [0.4, 0.5) is 0 Å². The molecule has 1 unspecified atom stereocenters. The van der Waals surface area contributed by atoms with E-state index in [1.54, 1.807) is 7.11 Å². The molecule has 0 fully saturated rings. The molecule has 0 bridgehead atoms. The highest BCUT2D eigenvalue weighted by atomic mass is 79.9. The Bertz CT molecular complexity index is 376. The molecule has 100 valence electrons. The van der Waals surface area contributed by atoms with Crippen LogP contribution in [-0.2, 0) is 9.53 Å². The Balaban J connectivity index is 2.76. The molecule has 1 aromatic carbocycles. The maximum Gasteiger partial charge on any atom is 0.227 e. The highest BCUT2D eigenvalue weighted by Crippen LogP contribution is 2.25. The molecule has 0 saturated carbocycles. The molecule has 0 spiro atoms. The third kappa shape index (κ3) is 4.42. The minimum absolute atomic E-state index is 0.0596. The standard InChI is InChI=1S/C14H20BrNO2/c1-10(2)13(14(17)16-8-9-18-3)11-4-6-12(15)7-5-11/h4-7,10,13H,8-9H2,1-3H3,(H,16,17). The summed E-state index contributed by atoms with van der Waals surface area (Å²) in [5.41, 5.74) is 1.04. The summed E-state index contributed by atoms with van der Waals surface area (Å²) in [5.74, 6) is 0.202. The summed E-state index contributed by atoms with van der Waals surface area (Å²) in [6.07, 6.45) is 0. The van der Waals surface area contributed by atoms with E-state index in [-0.39, 0.29) is 17.7 Å². The number of hydrogen-bond donors (Lipinski definition) is 1. The monoisotopic (exact) mass is 313 g/mol. The summed E-state index contributed by atoms with van der Waals surface area (Å²) < 4.78 is 5.95. The van der Waals surface area contributed by atoms with Crippen LogP contribution in [0.3, 0.4) is 0 Å². The Kier molecular flexibility index (Phi) is 6.36. The largest absolute Gasteiger partial charge is 0.383 e. The minimum atomic E-state index is -0.116. The highest BCUT2D eigenvalue weighted by molar-refractivity contribution is 9.10. The van der Waals surface area contributed by atoms with Crippen LogP contribution in [-0.4, -0.2) is 26.2 Å². The average Bonchev–Trinajstić information content (AvgIpc) is 2.32. The van der Waals surface area contributed by atoms with Gasteiger partial charge in [0.25, 0.3) is 0 Å². The molecule has 0 aromatic heterocycles. The van der Waals surface area contributed by atoms with Crippen molar-refractivity contribution < 1.29 is 9.53 Å². The molecule has 0 heterocycles. The second-order valence-electron chi connectivity index (χ2n) is 4.56. The van der Waals surface area contributed by atoms with Crippen molar-refractivity contribution in [1.29, 1.82) is 0 Å². The summed E-state index contributed by atoms with van der Waals surface area (Å²) in [4.78, 5) is 12.2. The summed E-state index contributed by atoms with van der Waals surface area (Å²) in [6.45, 7) is 5.21. The number of nitrogens with one attached hydrogen (secondary N) is 1. The van der Waals surface area contributed by atoms with Gasteiger partial charge >= 0.3 is 0 Å². The smallest absolute Gasteiger partial charge is 0.227 e. The maximum atomic E-state index is 12.2. The van der Waals surface area contributed by atoms with E-state index in [2.05, 4.69) is 35.1 Å². The van der Waals surface area contributed by atoms with Gasteiger partial charge in [0.05, 0.1) is 12.5 Å². The quantitative estimate of drug-likeness (QED) is 0.820. The fourth-order valence-electron chi connectivity index (χ4n) is 1.90. The summed E-state index contributed by atoms with van der Waals surface area (Å²) in [5, 5.41) is 2.90. The van der Waals surface area contributed by atoms with Gasteiger partial charge in [0.2, 0.25) is 5.91 Å². The Hall–Kier alpha value is -0.870. The predicted molar refractivity (Wildman–Crippen MR) is 76.6 cm³/mol. The summed E-state index contributed by atoms with van der Waals surface area (Å²) >= 11 is 3.40. The number of methoxy groups -OCH3 is 1. The number of carbonyl (C=O) groups is 1. The Morgan fingerprint density at radius 3 is 2.44 bits per heavy atom. The lowest BCUT2D eigenvalue weighted by Crippen LogP contribution is -2.34. The van der Waals surface area contributed by atoms with E-state index in [1.165, 1.54) is 0 Å². The van der Waals surface area contributed by atoms with Gasteiger partial charge in [0.15, 0.2) is 0 Å². The van der Waals surface area contributed by atoms with Gasteiger partial charge in [-0.25, -0.2) is 0 Å². The van der Waals surface area contributed by atoms with E-state index in [4.69, 9.17) is 4.74 Å². The number of carbonyl (C=O) groups excluding carboxylic acids is 1. The van der Waals surface area contributed by atoms with Crippen molar-refractivity contribution in [3.05, 3.63) is 34.3 Å². The average molecular weight is 314 g/mol.